The van der Waals surface area contributed by atoms with Gasteiger partial charge in [-0.25, -0.2) is 9.97 Å². The predicted molar refractivity (Wildman–Crippen MR) is 76.9 cm³/mol. The SMILES string of the molecule is NC1CCN(c2cc(-c3ccccc3)ncn2)CC1. The Hall–Kier alpha value is -1.94. The number of benzene rings is 1. The van der Waals surface area contributed by atoms with E-state index in [9.17, 15) is 0 Å². The van der Waals surface area contributed by atoms with E-state index in [1.807, 2.05) is 18.2 Å². The van der Waals surface area contributed by atoms with Crippen molar-refractivity contribution in [3.63, 3.8) is 0 Å². The van der Waals surface area contributed by atoms with Crippen molar-refractivity contribution in [2.75, 3.05) is 18.0 Å². The van der Waals surface area contributed by atoms with Crippen LogP contribution in [-0.4, -0.2) is 29.1 Å². The van der Waals surface area contributed by atoms with Crippen LogP contribution < -0.4 is 10.6 Å². The lowest BCUT2D eigenvalue weighted by Crippen LogP contribution is -2.40. The molecule has 1 aromatic carbocycles. The summed E-state index contributed by atoms with van der Waals surface area (Å²) in [6.07, 6.45) is 3.71. The van der Waals surface area contributed by atoms with Gasteiger partial charge in [0.2, 0.25) is 0 Å². The fourth-order valence-electron chi connectivity index (χ4n) is 2.42. The fraction of sp³-hybridized carbons (Fsp3) is 0.333. The van der Waals surface area contributed by atoms with Crippen LogP contribution in [0, 0.1) is 0 Å². The summed E-state index contributed by atoms with van der Waals surface area (Å²) in [7, 11) is 0. The summed E-state index contributed by atoms with van der Waals surface area (Å²) in [6.45, 7) is 1.96. The molecule has 2 heterocycles. The molecule has 2 N–H and O–H groups in total. The number of piperidine rings is 1. The molecule has 4 nitrogen and oxygen atoms in total. The summed E-state index contributed by atoms with van der Waals surface area (Å²) in [6, 6.07) is 12.6. The van der Waals surface area contributed by atoms with Gasteiger partial charge in [0.1, 0.15) is 12.1 Å². The minimum Gasteiger partial charge on any atom is -0.356 e. The van der Waals surface area contributed by atoms with E-state index >= 15 is 0 Å². The Labute approximate surface area is 113 Å². The third-order valence-corrected chi connectivity index (χ3v) is 3.59. The first-order chi connectivity index (χ1) is 9.33. The number of rotatable bonds is 2. The Balaban J connectivity index is 1.84. The molecule has 1 aromatic heterocycles. The maximum atomic E-state index is 5.94. The molecule has 0 radical (unpaired) electrons. The van der Waals surface area contributed by atoms with Crippen LogP contribution in [0.5, 0.6) is 0 Å². The van der Waals surface area contributed by atoms with E-state index < -0.39 is 0 Å². The highest BCUT2D eigenvalue weighted by molar-refractivity contribution is 5.62. The zero-order valence-electron chi connectivity index (χ0n) is 10.9. The third kappa shape index (κ3) is 2.74. The van der Waals surface area contributed by atoms with Gasteiger partial charge in [-0.15, -0.1) is 0 Å². The van der Waals surface area contributed by atoms with Crippen LogP contribution in [0.3, 0.4) is 0 Å². The average Bonchev–Trinajstić information content (AvgIpc) is 2.49. The molecule has 2 aromatic rings. The maximum absolute atomic E-state index is 5.94. The van der Waals surface area contributed by atoms with Gasteiger partial charge in [0.25, 0.3) is 0 Å². The lowest BCUT2D eigenvalue weighted by molar-refractivity contribution is 0.498. The molecule has 1 saturated heterocycles. The Kier molecular flexibility index (Phi) is 3.42. The highest BCUT2D eigenvalue weighted by Crippen LogP contribution is 2.22. The lowest BCUT2D eigenvalue weighted by atomic mass is 10.1. The van der Waals surface area contributed by atoms with Crippen molar-refractivity contribution < 1.29 is 0 Å². The second kappa shape index (κ2) is 5.36. The molecule has 3 rings (SSSR count). The lowest BCUT2D eigenvalue weighted by Gasteiger charge is -2.31. The zero-order valence-corrected chi connectivity index (χ0v) is 10.9. The number of hydrogen-bond donors (Lipinski definition) is 1. The van der Waals surface area contributed by atoms with Gasteiger partial charge in [0.15, 0.2) is 0 Å². The van der Waals surface area contributed by atoms with Gasteiger partial charge in [-0.3, -0.25) is 0 Å². The molecule has 0 bridgehead atoms. The minimum atomic E-state index is 0.340. The second-order valence-electron chi connectivity index (χ2n) is 4.95. The van der Waals surface area contributed by atoms with Crippen molar-refractivity contribution in [2.24, 2.45) is 5.73 Å². The molecule has 0 saturated carbocycles. The van der Waals surface area contributed by atoms with Gasteiger partial charge in [-0.05, 0) is 12.8 Å². The van der Waals surface area contributed by atoms with E-state index in [0.29, 0.717) is 6.04 Å². The highest BCUT2D eigenvalue weighted by Gasteiger charge is 2.17. The van der Waals surface area contributed by atoms with Crippen molar-refractivity contribution in [2.45, 2.75) is 18.9 Å². The van der Waals surface area contributed by atoms with Crippen molar-refractivity contribution in [3.8, 4) is 11.3 Å². The molecular weight excluding hydrogens is 236 g/mol. The van der Waals surface area contributed by atoms with E-state index in [-0.39, 0.29) is 0 Å². The number of aromatic nitrogens is 2. The van der Waals surface area contributed by atoms with Gasteiger partial charge in [-0.2, -0.15) is 0 Å². The molecule has 4 heteroatoms. The number of nitrogens with zero attached hydrogens (tertiary/aromatic N) is 3. The molecule has 98 valence electrons. The fourth-order valence-corrected chi connectivity index (χ4v) is 2.42. The number of nitrogens with two attached hydrogens (primary N) is 1. The topological polar surface area (TPSA) is 55.0 Å². The van der Waals surface area contributed by atoms with Crippen LogP contribution in [0.2, 0.25) is 0 Å². The third-order valence-electron chi connectivity index (χ3n) is 3.59. The van der Waals surface area contributed by atoms with Gasteiger partial charge < -0.3 is 10.6 Å². The van der Waals surface area contributed by atoms with Crippen molar-refractivity contribution in [1.82, 2.24) is 9.97 Å². The van der Waals surface area contributed by atoms with Gasteiger partial charge >= 0.3 is 0 Å². The molecule has 1 aliphatic heterocycles. The predicted octanol–water partition coefficient (Wildman–Crippen LogP) is 2.07. The molecule has 1 fully saturated rings. The largest absolute Gasteiger partial charge is 0.356 e. The molecule has 0 atom stereocenters. The van der Waals surface area contributed by atoms with E-state index in [0.717, 1.165) is 43.0 Å². The first-order valence-corrected chi connectivity index (χ1v) is 6.71. The number of hydrogen-bond acceptors (Lipinski definition) is 4. The Morgan fingerprint density at radius 1 is 1.05 bits per heavy atom. The molecule has 1 aliphatic rings. The smallest absolute Gasteiger partial charge is 0.132 e. The van der Waals surface area contributed by atoms with Crippen LogP contribution in [0.1, 0.15) is 12.8 Å². The molecule has 0 amide bonds. The highest BCUT2D eigenvalue weighted by atomic mass is 15.2. The van der Waals surface area contributed by atoms with E-state index in [1.165, 1.54) is 0 Å². The van der Waals surface area contributed by atoms with Crippen molar-refractivity contribution >= 4 is 5.82 Å². The zero-order chi connectivity index (χ0) is 13.1. The van der Waals surface area contributed by atoms with Crippen LogP contribution in [-0.2, 0) is 0 Å². The summed E-state index contributed by atoms with van der Waals surface area (Å²) in [5, 5.41) is 0. The molecule has 0 spiro atoms. The molecular formula is C15H18N4. The maximum Gasteiger partial charge on any atom is 0.132 e. The van der Waals surface area contributed by atoms with Crippen LogP contribution in [0.15, 0.2) is 42.7 Å². The van der Waals surface area contributed by atoms with Gasteiger partial charge in [-0.1, -0.05) is 30.3 Å². The monoisotopic (exact) mass is 254 g/mol. The van der Waals surface area contributed by atoms with Crippen LogP contribution in [0.4, 0.5) is 5.82 Å². The minimum absolute atomic E-state index is 0.340. The molecule has 0 unspecified atom stereocenters. The molecule has 19 heavy (non-hydrogen) atoms. The first kappa shape index (κ1) is 12.1. The summed E-state index contributed by atoms with van der Waals surface area (Å²) in [4.78, 5) is 11.0. The average molecular weight is 254 g/mol. The van der Waals surface area contributed by atoms with E-state index in [4.69, 9.17) is 5.73 Å². The molecule has 0 aliphatic carbocycles. The number of anilines is 1. The summed E-state index contributed by atoms with van der Waals surface area (Å²) < 4.78 is 0. The van der Waals surface area contributed by atoms with Gasteiger partial charge in [0, 0.05) is 30.8 Å². The van der Waals surface area contributed by atoms with Crippen molar-refractivity contribution in [3.05, 3.63) is 42.7 Å². The van der Waals surface area contributed by atoms with Gasteiger partial charge in [0.05, 0.1) is 5.69 Å². The normalized spacial score (nSPS) is 16.6. The van der Waals surface area contributed by atoms with E-state index in [1.54, 1.807) is 6.33 Å². The van der Waals surface area contributed by atoms with Crippen LogP contribution in [0.25, 0.3) is 11.3 Å². The first-order valence-electron chi connectivity index (χ1n) is 6.71. The summed E-state index contributed by atoms with van der Waals surface area (Å²) in [5.74, 6) is 1.00. The quantitative estimate of drug-likeness (QED) is 0.891. The van der Waals surface area contributed by atoms with E-state index in [2.05, 4.69) is 33.1 Å². The van der Waals surface area contributed by atoms with Crippen LogP contribution >= 0.6 is 0 Å². The summed E-state index contributed by atoms with van der Waals surface area (Å²) in [5.41, 5.74) is 8.03. The Morgan fingerprint density at radius 2 is 1.79 bits per heavy atom. The Morgan fingerprint density at radius 3 is 2.53 bits per heavy atom. The standard InChI is InChI=1S/C15H18N4/c16-13-6-8-19(9-7-13)15-10-14(17-11-18-15)12-4-2-1-3-5-12/h1-5,10-11,13H,6-9,16H2. The summed E-state index contributed by atoms with van der Waals surface area (Å²) >= 11 is 0. The van der Waals surface area contributed by atoms with Crippen molar-refractivity contribution in [1.29, 1.82) is 0 Å². The second-order valence-corrected chi connectivity index (χ2v) is 4.95. The Bertz CT molecular complexity index is 533.